The molecule has 0 spiro atoms. The van der Waals surface area contributed by atoms with Crippen molar-refractivity contribution in [1.29, 1.82) is 0 Å². The molecule has 1 saturated heterocycles. The number of nitrogens with two attached hydrogens (primary N) is 1. The molecule has 2 rings (SSSR count). The fourth-order valence-electron chi connectivity index (χ4n) is 2.36. The Morgan fingerprint density at radius 2 is 2.05 bits per heavy atom. The largest absolute Gasteiger partial charge is 0.465 e. The van der Waals surface area contributed by atoms with Gasteiger partial charge in [-0.3, -0.25) is 4.79 Å². The highest BCUT2D eigenvalue weighted by Gasteiger charge is 2.21. The van der Waals surface area contributed by atoms with Crippen LogP contribution in [-0.2, 0) is 0 Å². The fourth-order valence-corrected chi connectivity index (χ4v) is 2.36. The van der Waals surface area contributed by atoms with Crippen LogP contribution in [0.25, 0.3) is 0 Å². The first kappa shape index (κ1) is 15.0. The van der Waals surface area contributed by atoms with Crippen molar-refractivity contribution in [1.82, 2.24) is 14.9 Å². The van der Waals surface area contributed by atoms with Crippen molar-refractivity contribution in [2.45, 2.75) is 19.3 Å². The van der Waals surface area contributed by atoms with Gasteiger partial charge in [-0.1, -0.05) is 0 Å². The average molecular weight is 293 g/mol. The van der Waals surface area contributed by atoms with Gasteiger partial charge >= 0.3 is 6.09 Å². The molecule has 0 aromatic carbocycles. The number of anilines is 1. The summed E-state index contributed by atoms with van der Waals surface area (Å²) in [5.41, 5.74) is 5.23. The summed E-state index contributed by atoms with van der Waals surface area (Å²) in [5.74, 6) is 0.521. The van der Waals surface area contributed by atoms with Crippen LogP contribution in [0.4, 0.5) is 10.6 Å². The highest BCUT2D eigenvalue weighted by Crippen LogP contribution is 2.20. The lowest BCUT2D eigenvalue weighted by atomic mass is 9.94. The summed E-state index contributed by atoms with van der Waals surface area (Å²) in [6.07, 6.45) is 4.72. The molecule has 0 unspecified atom stereocenters. The molecule has 0 saturated carbocycles. The number of amides is 2. The topological polar surface area (TPSA) is 121 Å². The highest BCUT2D eigenvalue weighted by atomic mass is 16.4. The number of likely N-dealkylation sites (tertiary alicyclic amines) is 1. The van der Waals surface area contributed by atoms with Crippen LogP contribution in [0.3, 0.4) is 0 Å². The number of nitrogens with zero attached hydrogens (tertiary/aromatic N) is 3. The standard InChI is InChI=1S/C13H19N5O3/c14-12(19)10-7-17-11(8-16-10)15-4-1-9-2-5-18(6-3-9)13(20)21/h7-9H,1-6H2,(H2,14,19)(H,15,17)(H,20,21). The maximum absolute atomic E-state index is 10.9. The summed E-state index contributed by atoms with van der Waals surface area (Å²) in [7, 11) is 0. The van der Waals surface area contributed by atoms with Gasteiger partial charge in [0, 0.05) is 19.6 Å². The smallest absolute Gasteiger partial charge is 0.407 e. The minimum atomic E-state index is -0.837. The van der Waals surface area contributed by atoms with Crippen molar-refractivity contribution in [2.75, 3.05) is 25.0 Å². The van der Waals surface area contributed by atoms with Crippen molar-refractivity contribution >= 4 is 17.8 Å². The zero-order valence-electron chi connectivity index (χ0n) is 11.7. The summed E-state index contributed by atoms with van der Waals surface area (Å²) in [4.78, 5) is 31.1. The van der Waals surface area contributed by atoms with Crippen molar-refractivity contribution in [3.8, 4) is 0 Å². The summed E-state index contributed by atoms with van der Waals surface area (Å²) < 4.78 is 0. The fraction of sp³-hybridized carbons (Fsp3) is 0.538. The lowest BCUT2D eigenvalue weighted by Crippen LogP contribution is -2.37. The van der Waals surface area contributed by atoms with Crippen LogP contribution in [0.1, 0.15) is 29.8 Å². The number of primary amides is 1. The summed E-state index contributed by atoms with van der Waals surface area (Å²) >= 11 is 0. The molecule has 0 radical (unpaired) electrons. The van der Waals surface area contributed by atoms with Crippen molar-refractivity contribution in [2.24, 2.45) is 11.7 Å². The van der Waals surface area contributed by atoms with Crippen molar-refractivity contribution in [3.05, 3.63) is 18.1 Å². The average Bonchev–Trinajstić information content (AvgIpc) is 2.48. The summed E-state index contributed by atoms with van der Waals surface area (Å²) in [6.45, 7) is 1.95. The van der Waals surface area contributed by atoms with E-state index in [-0.39, 0.29) is 5.69 Å². The van der Waals surface area contributed by atoms with Gasteiger partial charge in [0.2, 0.25) is 0 Å². The summed E-state index contributed by atoms with van der Waals surface area (Å²) in [6, 6.07) is 0. The van der Waals surface area contributed by atoms with Crippen molar-refractivity contribution < 1.29 is 14.7 Å². The Labute approximate surface area is 122 Å². The molecule has 4 N–H and O–H groups in total. The zero-order chi connectivity index (χ0) is 15.2. The molecular formula is C13H19N5O3. The highest BCUT2D eigenvalue weighted by molar-refractivity contribution is 5.90. The van der Waals surface area contributed by atoms with E-state index in [2.05, 4.69) is 15.3 Å². The monoisotopic (exact) mass is 293 g/mol. The molecule has 8 nitrogen and oxygen atoms in total. The zero-order valence-corrected chi connectivity index (χ0v) is 11.7. The molecule has 1 fully saturated rings. The lowest BCUT2D eigenvalue weighted by molar-refractivity contribution is 0.0995. The molecule has 0 bridgehead atoms. The van der Waals surface area contributed by atoms with Crippen LogP contribution in [0, 0.1) is 5.92 Å². The normalized spacial score (nSPS) is 15.7. The molecule has 2 amide bonds. The Bertz CT molecular complexity index is 497. The third kappa shape index (κ3) is 4.30. The molecule has 1 aliphatic rings. The maximum Gasteiger partial charge on any atom is 0.407 e. The first-order valence-corrected chi connectivity index (χ1v) is 6.90. The molecule has 1 aromatic heterocycles. The van der Waals surface area contributed by atoms with Crippen LogP contribution >= 0.6 is 0 Å². The van der Waals surface area contributed by atoms with E-state index in [4.69, 9.17) is 10.8 Å². The van der Waals surface area contributed by atoms with Crippen molar-refractivity contribution in [3.63, 3.8) is 0 Å². The SMILES string of the molecule is NC(=O)c1cnc(NCCC2CCN(C(=O)O)CC2)cn1. The Hall–Kier alpha value is -2.38. The number of piperidine rings is 1. The molecule has 114 valence electrons. The van der Waals surface area contributed by atoms with E-state index >= 15 is 0 Å². The number of carbonyl (C=O) groups is 2. The summed E-state index contributed by atoms with van der Waals surface area (Å²) in [5, 5.41) is 12.0. The van der Waals surface area contributed by atoms with Crippen LogP contribution in [0.15, 0.2) is 12.4 Å². The Morgan fingerprint density at radius 3 is 2.57 bits per heavy atom. The van der Waals surface area contributed by atoms with E-state index < -0.39 is 12.0 Å². The van der Waals surface area contributed by atoms with E-state index in [0.717, 1.165) is 25.8 Å². The molecule has 1 aliphatic heterocycles. The third-order valence-corrected chi connectivity index (χ3v) is 3.65. The first-order valence-electron chi connectivity index (χ1n) is 6.90. The number of carboxylic acid groups (broad SMARTS) is 1. The number of hydrogen-bond donors (Lipinski definition) is 3. The second-order valence-electron chi connectivity index (χ2n) is 5.08. The van der Waals surface area contributed by atoms with Gasteiger partial charge in [0.1, 0.15) is 11.5 Å². The van der Waals surface area contributed by atoms with E-state index in [1.807, 2.05) is 0 Å². The maximum atomic E-state index is 10.9. The van der Waals surface area contributed by atoms with E-state index in [1.165, 1.54) is 17.3 Å². The predicted octanol–water partition coefficient (Wildman–Crippen LogP) is 0.767. The second-order valence-corrected chi connectivity index (χ2v) is 5.08. The quantitative estimate of drug-likeness (QED) is 0.737. The van der Waals surface area contributed by atoms with Crippen LogP contribution < -0.4 is 11.1 Å². The number of carbonyl (C=O) groups excluding carboxylic acids is 1. The first-order chi connectivity index (χ1) is 10.1. The van der Waals surface area contributed by atoms with Gasteiger partial charge < -0.3 is 21.1 Å². The molecule has 8 heteroatoms. The number of nitrogens with one attached hydrogen (secondary N) is 1. The molecule has 0 aliphatic carbocycles. The number of aromatic nitrogens is 2. The predicted molar refractivity (Wildman–Crippen MR) is 76.0 cm³/mol. The molecule has 21 heavy (non-hydrogen) atoms. The minimum Gasteiger partial charge on any atom is -0.465 e. The lowest BCUT2D eigenvalue weighted by Gasteiger charge is -2.29. The van der Waals surface area contributed by atoms with E-state index in [1.54, 1.807) is 0 Å². The van der Waals surface area contributed by atoms with Gasteiger partial charge in [-0.25, -0.2) is 14.8 Å². The van der Waals surface area contributed by atoms with Crippen LogP contribution in [0.2, 0.25) is 0 Å². The molecule has 2 heterocycles. The number of rotatable bonds is 5. The van der Waals surface area contributed by atoms with Gasteiger partial charge in [-0.15, -0.1) is 0 Å². The van der Waals surface area contributed by atoms with E-state index in [9.17, 15) is 9.59 Å². The van der Waals surface area contributed by atoms with Gasteiger partial charge in [-0.2, -0.15) is 0 Å². The van der Waals surface area contributed by atoms with Gasteiger partial charge in [-0.05, 0) is 25.2 Å². The minimum absolute atomic E-state index is 0.140. The molecule has 0 atom stereocenters. The third-order valence-electron chi connectivity index (χ3n) is 3.65. The number of hydrogen-bond acceptors (Lipinski definition) is 5. The van der Waals surface area contributed by atoms with Crippen LogP contribution in [-0.4, -0.2) is 51.6 Å². The van der Waals surface area contributed by atoms with Gasteiger partial charge in [0.25, 0.3) is 5.91 Å². The Morgan fingerprint density at radius 1 is 1.33 bits per heavy atom. The Kier molecular flexibility index (Phi) is 4.91. The molecule has 1 aromatic rings. The second kappa shape index (κ2) is 6.87. The van der Waals surface area contributed by atoms with Crippen LogP contribution in [0.5, 0.6) is 0 Å². The Balaban J connectivity index is 1.70. The van der Waals surface area contributed by atoms with E-state index in [0.29, 0.717) is 24.8 Å². The van der Waals surface area contributed by atoms with Gasteiger partial charge in [0.05, 0.1) is 12.4 Å². The molecular weight excluding hydrogens is 274 g/mol. The van der Waals surface area contributed by atoms with Gasteiger partial charge in [0.15, 0.2) is 0 Å².